The van der Waals surface area contributed by atoms with Crippen molar-refractivity contribution in [2.45, 2.75) is 13.8 Å². The Balaban J connectivity index is 2.36. The smallest absolute Gasteiger partial charge is 0.161 e. The van der Waals surface area contributed by atoms with Crippen LogP contribution in [-0.2, 0) is 0 Å². The van der Waals surface area contributed by atoms with E-state index in [1.807, 2.05) is 0 Å². The standard InChI is InChI=1S/C13H16BrFN2S/c1-7-5-17(6-8(7)2)10-4-3-9(13(16)18)11(14)12(10)15/h3-4,7-8H,5-6H2,1-2H3,(H2,16,18). The van der Waals surface area contributed by atoms with Crippen molar-refractivity contribution in [3.63, 3.8) is 0 Å². The molecule has 98 valence electrons. The number of hydrogen-bond acceptors (Lipinski definition) is 2. The number of halogens is 2. The zero-order chi connectivity index (χ0) is 13.4. The lowest BCUT2D eigenvalue weighted by Crippen LogP contribution is -2.21. The molecule has 1 aliphatic heterocycles. The molecule has 1 fully saturated rings. The van der Waals surface area contributed by atoms with Crippen LogP contribution < -0.4 is 10.6 Å². The van der Waals surface area contributed by atoms with Gasteiger partial charge in [0.05, 0.1) is 10.2 Å². The van der Waals surface area contributed by atoms with Gasteiger partial charge in [-0.15, -0.1) is 0 Å². The van der Waals surface area contributed by atoms with Gasteiger partial charge < -0.3 is 10.6 Å². The molecule has 18 heavy (non-hydrogen) atoms. The van der Waals surface area contributed by atoms with Gasteiger partial charge in [-0.05, 0) is 39.9 Å². The molecule has 1 aromatic rings. The normalized spacial score (nSPS) is 23.4. The Morgan fingerprint density at radius 3 is 2.44 bits per heavy atom. The highest BCUT2D eigenvalue weighted by Crippen LogP contribution is 2.34. The predicted octanol–water partition coefficient (Wildman–Crippen LogP) is 3.31. The highest BCUT2D eigenvalue weighted by atomic mass is 79.9. The molecule has 0 aliphatic carbocycles. The average molecular weight is 331 g/mol. The fourth-order valence-electron chi connectivity index (χ4n) is 2.30. The molecule has 0 spiro atoms. The van der Waals surface area contributed by atoms with Crippen LogP contribution in [0, 0.1) is 17.7 Å². The molecule has 1 aliphatic rings. The topological polar surface area (TPSA) is 29.3 Å². The van der Waals surface area contributed by atoms with Gasteiger partial charge in [0, 0.05) is 18.7 Å². The van der Waals surface area contributed by atoms with E-state index < -0.39 is 0 Å². The highest BCUT2D eigenvalue weighted by molar-refractivity contribution is 9.10. The number of anilines is 1. The first-order chi connectivity index (χ1) is 8.41. The first-order valence-electron chi connectivity index (χ1n) is 5.94. The number of nitrogens with zero attached hydrogens (tertiary/aromatic N) is 1. The zero-order valence-corrected chi connectivity index (χ0v) is 12.8. The van der Waals surface area contributed by atoms with E-state index in [0.717, 1.165) is 13.1 Å². The Hall–Kier alpha value is -0.680. The molecular formula is C13H16BrFN2S. The second-order valence-corrected chi connectivity index (χ2v) is 6.22. The summed E-state index contributed by atoms with van der Waals surface area (Å²) in [6.07, 6.45) is 0. The number of thiocarbonyl (C=S) groups is 1. The third kappa shape index (κ3) is 2.38. The zero-order valence-electron chi connectivity index (χ0n) is 10.4. The fourth-order valence-corrected chi connectivity index (χ4v) is 3.15. The molecule has 2 nitrogen and oxygen atoms in total. The summed E-state index contributed by atoms with van der Waals surface area (Å²) in [5.74, 6) is 0.887. The quantitative estimate of drug-likeness (QED) is 0.843. The Labute approximate surface area is 120 Å². The van der Waals surface area contributed by atoms with Crippen LogP contribution in [0.3, 0.4) is 0 Å². The molecule has 1 saturated heterocycles. The van der Waals surface area contributed by atoms with Gasteiger partial charge in [-0.25, -0.2) is 4.39 Å². The van der Waals surface area contributed by atoms with Gasteiger partial charge in [-0.3, -0.25) is 0 Å². The minimum absolute atomic E-state index is 0.204. The first kappa shape index (κ1) is 13.7. The van der Waals surface area contributed by atoms with Gasteiger partial charge >= 0.3 is 0 Å². The van der Waals surface area contributed by atoms with Crippen LogP contribution in [0.15, 0.2) is 16.6 Å². The van der Waals surface area contributed by atoms with Gasteiger partial charge in [0.15, 0.2) is 5.82 Å². The lowest BCUT2D eigenvalue weighted by molar-refractivity contribution is 0.494. The largest absolute Gasteiger partial charge is 0.389 e. The third-order valence-electron chi connectivity index (χ3n) is 3.66. The van der Waals surface area contributed by atoms with Crippen molar-refractivity contribution in [3.8, 4) is 0 Å². The van der Waals surface area contributed by atoms with E-state index in [1.165, 1.54) is 0 Å². The van der Waals surface area contributed by atoms with E-state index in [9.17, 15) is 4.39 Å². The Bertz CT molecular complexity index is 482. The first-order valence-corrected chi connectivity index (χ1v) is 7.14. The molecule has 2 atom stereocenters. The van der Waals surface area contributed by atoms with E-state index in [0.29, 0.717) is 27.6 Å². The van der Waals surface area contributed by atoms with Crippen molar-refractivity contribution >= 4 is 38.8 Å². The summed E-state index contributed by atoms with van der Waals surface area (Å²) in [6.45, 7) is 6.16. The summed E-state index contributed by atoms with van der Waals surface area (Å²) in [5.41, 5.74) is 6.72. The van der Waals surface area contributed by atoms with E-state index in [2.05, 4.69) is 34.7 Å². The molecule has 0 aromatic heterocycles. The molecule has 1 aromatic carbocycles. The van der Waals surface area contributed by atoms with Gasteiger partial charge in [-0.1, -0.05) is 26.1 Å². The lowest BCUT2D eigenvalue weighted by Gasteiger charge is -2.20. The van der Waals surface area contributed by atoms with Crippen molar-refractivity contribution < 1.29 is 4.39 Å². The second-order valence-electron chi connectivity index (χ2n) is 4.98. The van der Waals surface area contributed by atoms with Crippen molar-refractivity contribution in [2.24, 2.45) is 17.6 Å². The summed E-state index contributed by atoms with van der Waals surface area (Å²) >= 11 is 8.13. The Morgan fingerprint density at radius 1 is 1.39 bits per heavy atom. The Morgan fingerprint density at radius 2 is 1.94 bits per heavy atom. The number of hydrogen-bond donors (Lipinski definition) is 1. The molecular weight excluding hydrogens is 315 g/mol. The van der Waals surface area contributed by atoms with Crippen LogP contribution in [0.4, 0.5) is 10.1 Å². The molecule has 0 bridgehead atoms. The molecule has 2 N–H and O–H groups in total. The molecule has 2 unspecified atom stereocenters. The average Bonchev–Trinajstić information content (AvgIpc) is 2.62. The predicted molar refractivity (Wildman–Crippen MR) is 80.5 cm³/mol. The number of benzene rings is 1. The maximum atomic E-state index is 14.3. The molecule has 0 amide bonds. The summed E-state index contributed by atoms with van der Waals surface area (Å²) in [4.78, 5) is 2.29. The minimum Gasteiger partial charge on any atom is -0.389 e. The minimum atomic E-state index is -0.276. The molecule has 2 rings (SSSR count). The summed E-state index contributed by atoms with van der Waals surface area (Å²) in [6, 6.07) is 3.54. The van der Waals surface area contributed by atoms with Crippen molar-refractivity contribution in [1.29, 1.82) is 0 Å². The van der Waals surface area contributed by atoms with Gasteiger partial charge in [-0.2, -0.15) is 0 Å². The van der Waals surface area contributed by atoms with Crippen molar-refractivity contribution in [2.75, 3.05) is 18.0 Å². The van der Waals surface area contributed by atoms with Crippen LogP contribution >= 0.6 is 28.1 Å². The molecule has 5 heteroatoms. The van der Waals surface area contributed by atoms with Gasteiger partial charge in [0.25, 0.3) is 0 Å². The van der Waals surface area contributed by atoms with Gasteiger partial charge in [0.1, 0.15) is 4.99 Å². The van der Waals surface area contributed by atoms with Gasteiger partial charge in [0.2, 0.25) is 0 Å². The molecule has 0 saturated carbocycles. The fraction of sp³-hybridized carbons (Fsp3) is 0.462. The van der Waals surface area contributed by atoms with Crippen molar-refractivity contribution in [3.05, 3.63) is 28.0 Å². The van der Waals surface area contributed by atoms with Crippen LogP contribution in [0.2, 0.25) is 0 Å². The van der Waals surface area contributed by atoms with E-state index in [4.69, 9.17) is 18.0 Å². The summed E-state index contributed by atoms with van der Waals surface area (Å²) in [7, 11) is 0. The van der Waals surface area contributed by atoms with Crippen LogP contribution in [0.25, 0.3) is 0 Å². The lowest BCUT2D eigenvalue weighted by atomic mass is 10.0. The monoisotopic (exact) mass is 330 g/mol. The number of rotatable bonds is 2. The Kier molecular flexibility index (Phi) is 3.92. The maximum absolute atomic E-state index is 14.3. The number of nitrogens with two attached hydrogens (primary N) is 1. The molecule has 0 radical (unpaired) electrons. The van der Waals surface area contributed by atoms with E-state index >= 15 is 0 Å². The van der Waals surface area contributed by atoms with Crippen molar-refractivity contribution in [1.82, 2.24) is 0 Å². The maximum Gasteiger partial charge on any atom is 0.161 e. The molecule has 1 heterocycles. The SMILES string of the molecule is CC1CN(c2ccc(C(N)=S)c(Br)c2F)CC1C. The summed E-state index contributed by atoms with van der Waals surface area (Å²) < 4.78 is 14.7. The second kappa shape index (κ2) is 5.13. The van der Waals surface area contributed by atoms with Crippen LogP contribution in [-0.4, -0.2) is 18.1 Å². The summed E-state index contributed by atoms with van der Waals surface area (Å²) in [5, 5.41) is 0. The van der Waals surface area contributed by atoms with E-state index in [-0.39, 0.29) is 10.8 Å². The third-order valence-corrected chi connectivity index (χ3v) is 4.65. The highest BCUT2D eigenvalue weighted by Gasteiger charge is 2.28. The van der Waals surface area contributed by atoms with E-state index in [1.54, 1.807) is 12.1 Å². The van der Waals surface area contributed by atoms with Crippen LogP contribution in [0.5, 0.6) is 0 Å². The van der Waals surface area contributed by atoms with Crippen LogP contribution in [0.1, 0.15) is 19.4 Å².